The van der Waals surface area contributed by atoms with Crippen LogP contribution in [0.5, 0.6) is 0 Å². The predicted molar refractivity (Wildman–Crippen MR) is 115 cm³/mol. The Morgan fingerprint density at radius 1 is 1.00 bits per heavy atom. The second kappa shape index (κ2) is 7.54. The van der Waals surface area contributed by atoms with Crippen LogP contribution in [-0.4, -0.2) is 16.7 Å². The highest BCUT2D eigenvalue weighted by atomic mass is 79.9. The third-order valence-electron chi connectivity index (χ3n) is 8.93. The first-order valence-corrected chi connectivity index (χ1v) is 12.3. The number of carbonyl (C=O) groups excluding carboxylic acids is 1. The number of fused-ring (bicyclic) bond motifs is 5. The maximum absolute atomic E-state index is 12.8. The maximum Gasteiger partial charge on any atom is 0.152 e. The van der Waals surface area contributed by atoms with Crippen molar-refractivity contribution in [3.8, 4) is 0 Å². The van der Waals surface area contributed by atoms with Gasteiger partial charge in [0.15, 0.2) is 5.78 Å². The van der Waals surface area contributed by atoms with E-state index in [0.717, 1.165) is 43.1 Å². The van der Waals surface area contributed by atoms with Crippen molar-refractivity contribution in [2.75, 3.05) is 0 Å². The summed E-state index contributed by atoms with van der Waals surface area (Å²) in [6.07, 6.45) is 10.4. The molecular weight excluding hydrogens is 412 g/mol. The number of Topliss-reactive ketones (excluding diaryl/α,β-unsaturated/α-hetero) is 1. The second-order valence-corrected chi connectivity index (χ2v) is 11.3. The van der Waals surface area contributed by atoms with Crippen LogP contribution in [0.3, 0.4) is 0 Å². The zero-order valence-electron chi connectivity index (χ0n) is 17.0. The fraction of sp³-hybridized carbons (Fsp3) is 0.720. The molecule has 0 aliphatic heterocycles. The third kappa shape index (κ3) is 3.21. The Kier molecular flexibility index (Phi) is 5.20. The molecule has 0 radical (unpaired) electrons. The van der Waals surface area contributed by atoms with E-state index in [1.54, 1.807) is 0 Å². The molecule has 152 valence electrons. The highest BCUT2D eigenvalue weighted by Gasteiger charge is 2.59. The standard InChI is InChI=1S/C25H33BrO2/c1-25-12-11-20-19-10-8-18(28-15-16-5-3-2-4-6-16)13-17(19)7-9-21(20)22(25)14-23(26)24(25)27/h2-6,17-23H,7-15H2,1H3/t17-,18?,19+,20-,21-,22+,23?,25+/m1/s1. The molecule has 0 N–H and O–H groups in total. The van der Waals surface area contributed by atoms with Crippen molar-refractivity contribution in [3.63, 3.8) is 0 Å². The fourth-order valence-corrected chi connectivity index (χ4v) is 8.42. The van der Waals surface area contributed by atoms with Crippen molar-refractivity contribution >= 4 is 21.7 Å². The molecule has 4 aliphatic carbocycles. The van der Waals surface area contributed by atoms with Gasteiger partial charge in [0.05, 0.1) is 17.5 Å². The fourth-order valence-electron chi connectivity index (χ4n) is 7.50. The lowest BCUT2D eigenvalue weighted by Gasteiger charge is -2.54. The molecule has 2 unspecified atom stereocenters. The van der Waals surface area contributed by atoms with E-state index in [9.17, 15) is 4.79 Å². The summed E-state index contributed by atoms with van der Waals surface area (Å²) in [4.78, 5) is 12.9. The van der Waals surface area contributed by atoms with Crippen molar-refractivity contribution < 1.29 is 9.53 Å². The van der Waals surface area contributed by atoms with Crippen LogP contribution in [0.25, 0.3) is 0 Å². The van der Waals surface area contributed by atoms with E-state index >= 15 is 0 Å². The van der Waals surface area contributed by atoms with Gasteiger partial charge >= 0.3 is 0 Å². The predicted octanol–water partition coefficient (Wildman–Crippen LogP) is 6.17. The molecule has 1 aromatic carbocycles. The number of hydrogen-bond donors (Lipinski definition) is 0. The summed E-state index contributed by atoms with van der Waals surface area (Å²) in [6, 6.07) is 10.6. The summed E-state index contributed by atoms with van der Waals surface area (Å²) in [5.74, 6) is 4.49. The van der Waals surface area contributed by atoms with Gasteiger partial charge in [-0.05, 0) is 86.5 Å². The lowest BCUT2D eigenvalue weighted by molar-refractivity contribution is -0.133. The SMILES string of the molecule is C[C@]12CC[C@H]3[C@@H](CC[C@@H]4CC(OCc5ccccc5)CC[C@@H]43)[C@@H]1CC(Br)C2=O. The van der Waals surface area contributed by atoms with Gasteiger partial charge in [-0.15, -0.1) is 0 Å². The van der Waals surface area contributed by atoms with Crippen LogP contribution in [0.1, 0.15) is 63.9 Å². The zero-order valence-corrected chi connectivity index (χ0v) is 18.6. The van der Waals surface area contributed by atoms with E-state index in [2.05, 4.69) is 53.2 Å². The van der Waals surface area contributed by atoms with Crippen LogP contribution < -0.4 is 0 Å². The Hall–Kier alpha value is -0.670. The number of ether oxygens (including phenoxy) is 1. The summed E-state index contributed by atoms with van der Waals surface area (Å²) in [7, 11) is 0. The molecular formula is C25H33BrO2. The molecule has 5 rings (SSSR count). The highest BCUT2D eigenvalue weighted by molar-refractivity contribution is 9.10. The van der Waals surface area contributed by atoms with Crippen LogP contribution in [0.4, 0.5) is 0 Å². The average Bonchev–Trinajstić information content (AvgIpc) is 2.96. The Balaban J connectivity index is 1.23. The van der Waals surface area contributed by atoms with E-state index in [1.165, 1.54) is 44.1 Å². The van der Waals surface area contributed by atoms with Crippen LogP contribution in [0.2, 0.25) is 0 Å². The van der Waals surface area contributed by atoms with E-state index in [0.29, 0.717) is 17.8 Å². The molecule has 0 amide bonds. The molecule has 4 saturated carbocycles. The quantitative estimate of drug-likeness (QED) is 0.521. The number of alkyl halides is 1. The Bertz CT molecular complexity index is 719. The lowest BCUT2D eigenvalue weighted by atomic mass is 9.50. The number of benzene rings is 1. The summed E-state index contributed by atoms with van der Waals surface area (Å²) in [5.41, 5.74) is 1.24. The minimum absolute atomic E-state index is 0.0435. The van der Waals surface area contributed by atoms with Crippen molar-refractivity contribution in [1.82, 2.24) is 0 Å². The van der Waals surface area contributed by atoms with Crippen LogP contribution in [0.15, 0.2) is 30.3 Å². The Morgan fingerprint density at radius 3 is 2.61 bits per heavy atom. The summed E-state index contributed by atoms with van der Waals surface area (Å²) in [5, 5.41) is 0. The van der Waals surface area contributed by atoms with Gasteiger partial charge in [-0.25, -0.2) is 0 Å². The smallest absolute Gasteiger partial charge is 0.152 e. The van der Waals surface area contributed by atoms with Crippen molar-refractivity contribution in [3.05, 3.63) is 35.9 Å². The van der Waals surface area contributed by atoms with E-state index in [-0.39, 0.29) is 10.2 Å². The highest BCUT2D eigenvalue weighted by Crippen LogP contribution is 2.62. The van der Waals surface area contributed by atoms with Gasteiger partial charge in [0.1, 0.15) is 0 Å². The minimum atomic E-state index is -0.0435. The molecule has 1 aromatic rings. The van der Waals surface area contributed by atoms with Gasteiger partial charge in [0, 0.05) is 5.41 Å². The molecule has 4 aliphatic rings. The minimum Gasteiger partial charge on any atom is -0.374 e. The monoisotopic (exact) mass is 444 g/mol. The average molecular weight is 445 g/mol. The molecule has 8 atom stereocenters. The molecule has 2 nitrogen and oxygen atoms in total. The summed E-state index contributed by atoms with van der Waals surface area (Å²) < 4.78 is 6.32. The third-order valence-corrected chi connectivity index (χ3v) is 9.72. The maximum atomic E-state index is 12.8. The van der Waals surface area contributed by atoms with Crippen molar-refractivity contribution in [2.24, 2.45) is 35.0 Å². The van der Waals surface area contributed by atoms with Crippen molar-refractivity contribution in [2.45, 2.75) is 75.8 Å². The number of carbonyl (C=O) groups is 1. The number of hydrogen-bond acceptors (Lipinski definition) is 2. The van der Waals surface area contributed by atoms with Crippen LogP contribution in [0, 0.1) is 35.0 Å². The van der Waals surface area contributed by atoms with E-state index in [4.69, 9.17) is 4.74 Å². The van der Waals surface area contributed by atoms with Crippen molar-refractivity contribution in [1.29, 1.82) is 0 Å². The van der Waals surface area contributed by atoms with Gasteiger partial charge < -0.3 is 4.74 Å². The number of ketones is 1. The first kappa shape index (κ1) is 19.3. The van der Waals surface area contributed by atoms with Gasteiger partial charge in [0.2, 0.25) is 0 Å². The van der Waals surface area contributed by atoms with Gasteiger partial charge in [0.25, 0.3) is 0 Å². The largest absolute Gasteiger partial charge is 0.374 e. The first-order valence-electron chi connectivity index (χ1n) is 11.4. The van der Waals surface area contributed by atoms with E-state index in [1.807, 2.05) is 0 Å². The Morgan fingerprint density at radius 2 is 1.79 bits per heavy atom. The molecule has 4 fully saturated rings. The number of halogens is 1. The topological polar surface area (TPSA) is 26.3 Å². The molecule has 3 heteroatoms. The number of rotatable bonds is 3. The first-order chi connectivity index (χ1) is 13.6. The van der Waals surface area contributed by atoms with Gasteiger partial charge in [-0.3, -0.25) is 4.79 Å². The van der Waals surface area contributed by atoms with Gasteiger partial charge in [-0.1, -0.05) is 53.2 Å². The Labute approximate surface area is 177 Å². The van der Waals surface area contributed by atoms with Gasteiger partial charge in [-0.2, -0.15) is 0 Å². The summed E-state index contributed by atoms with van der Waals surface area (Å²) in [6.45, 7) is 3.03. The lowest BCUT2D eigenvalue weighted by Crippen LogP contribution is -2.49. The zero-order chi connectivity index (χ0) is 19.3. The second-order valence-electron chi connectivity index (χ2n) is 10.2. The van der Waals surface area contributed by atoms with Crippen LogP contribution >= 0.6 is 15.9 Å². The van der Waals surface area contributed by atoms with Crippen LogP contribution in [-0.2, 0) is 16.1 Å². The normalized spacial score (nSPS) is 45.2. The molecule has 0 saturated heterocycles. The summed E-state index contributed by atoms with van der Waals surface area (Å²) >= 11 is 3.69. The molecule has 0 heterocycles. The molecule has 0 bridgehead atoms. The molecule has 28 heavy (non-hydrogen) atoms. The molecule has 0 aromatic heterocycles. The van der Waals surface area contributed by atoms with E-state index < -0.39 is 0 Å². The molecule has 0 spiro atoms.